The molecule has 0 saturated carbocycles. The van der Waals surface area contributed by atoms with Crippen molar-refractivity contribution in [3.8, 4) is 5.75 Å². The molecule has 1 saturated heterocycles. The Labute approximate surface area is 178 Å². The van der Waals surface area contributed by atoms with Crippen LogP contribution in [-0.4, -0.2) is 72.8 Å². The van der Waals surface area contributed by atoms with E-state index in [9.17, 15) is 9.90 Å². The van der Waals surface area contributed by atoms with E-state index in [0.29, 0.717) is 12.1 Å². The summed E-state index contributed by atoms with van der Waals surface area (Å²) in [6, 6.07) is 15.7. The molecule has 2 N–H and O–H groups in total. The van der Waals surface area contributed by atoms with Gasteiger partial charge in [0.25, 0.3) is 5.91 Å². The van der Waals surface area contributed by atoms with Gasteiger partial charge in [0.1, 0.15) is 11.9 Å². The Bertz CT molecular complexity index is 872. The van der Waals surface area contributed by atoms with Crippen LogP contribution in [0.3, 0.4) is 0 Å². The van der Waals surface area contributed by atoms with Crippen LogP contribution in [0.4, 0.5) is 0 Å². The van der Waals surface area contributed by atoms with Gasteiger partial charge in [0.05, 0.1) is 6.10 Å². The lowest BCUT2D eigenvalue weighted by Gasteiger charge is -2.30. The molecular formula is C24H31N3O3. The normalized spacial score (nSPS) is 20.5. The highest BCUT2D eigenvalue weighted by molar-refractivity contribution is 5.94. The van der Waals surface area contributed by atoms with Gasteiger partial charge in [-0.15, -0.1) is 0 Å². The molecule has 2 atom stereocenters. The summed E-state index contributed by atoms with van der Waals surface area (Å²) in [5.41, 5.74) is 3.27. The Morgan fingerprint density at radius 1 is 1.20 bits per heavy atom. The SMILES string of the molecule is CN1CCC(Oc2cccc(C(=O)NCC(O)CN3CCc4ccccc4C3)c2)C1. The number of rotatable bonds is 7. The first kappa shape index (κ1) is 20.8. The van der Waals surface area contributed by atoms with Gasteiger partial charge in [-0.1, -0.05) is 30.3 Å². The lowest BCUT2D eigenvalue weighted by Crippen LogP contribution is -2.42. The van der Waals surface area contributed by atoms with Crippen molar-refractivity contribution in [3.63, 3.8) is 0 Å². The Balaban J connectivity index is 1.25. The summed E-state index contributed by atoms with van der Waals surface area (Å²) in [5.74, 6) is 0.530. The Hall–Kier alpha value is -2.41. The second-order valence-corrected chi connectivity index (χ2v) is 8.44. The Morgan fingerprint density at radius 3 is 2.83 bits per heavy atom. The number of fused-ring (bicyclic) bond motifs is 1. The molecule has 2 aliphatic rings. The Morgan fingerprint density at radius 2 is 2.03 bits per heavy atom. The van der Waals surface area contributed by atoms with Crippen molar-refractivity contribution < 1.29 is 14.6 Å². The summed E-state index contributed by atoms with van der Waals surface area (Å²) >= 11 is 0. The third kappa shape index (κ3) is 5.39. The van der Waals surface area contributed by atoms with E-state index < -0.39 is 6.10 Å². The number of carbonyl (C=O) groups excluding carboxylic acids is 1. The van der Waals surface area contributed by atoms with E-state index >= 15 is 0 Å². The molecule has 160 valence electrons. The second kappa shape index (κ2) is 9.60. The zero-order valence-electron chi connectivity index (χ0n) is 17.6. The highest BCUT2D eigenvalue weighted by Gasteiger charge is 2.22. The van der Waals surface area contributed by atoms with Gasteiger partial charge in [-0.3, -0.25) is 9.69 Å². The van der Waals surface area contributed by atoms with Crippen LogP contribution < -0.4 is 10.1 Å². The molecule has 2 heterocycles. The molecule has 1 fully saturated rings. The molecule has 0 spiro atoms. The average Bonchev–Trinajstić information content (AvgIpc) is 3.16. The molecule has 0 aromatic heterocycles. The van der Waals surface area contributed by atoms with E-state index in [0.717, 1.165) is 44.8 Å². The number of β-amino-alcohol motifs (C(OH)–C–C–N with tert-alkyl or cyclic N) is 1. The molecule has 6 nitrogen and oxygen atoms in total. The molecule has 2 aromatic rings. The van der Waals surface area contributed by atoms with E-state index in [-0.39, 0.29) is 18.6 Å². The van der Waals surface area contributed by atoms with Gasteiger partial charge < -0.3 is 20.1 Å². The lowest BCUT2D eigenvalue weighted by molar-refractivity contribution is 0.0841. The largest absolute Gasteiger partial charge is 0.489 e. The van der Waals surface area contributed by atoms with Crippen LogP contribution in [0, 0.1) is 0 Å². The third-order valence-electron chi connectivity index (χ3n) is 5.92. The van der Waals surface area contributed by atoms with Crippen molar-refractivity contribution in [2.45, 2.75) is 31.6 Å². The zero-order valence-corrected chi connectivity index (χ0v) is 17.6. The van der Waals surface area contributed by atoms with E-state index in [2.05, 4.69) is 46.4 Å². The monoisotopic (exact) mass is 409 g/mol. The molecule has 30 heavy (non-hydrogen) atoms. The first-order valence-electron chi connectivity index (χ1n) is 10.8. The van der Waals surface area contributed by atoms with Crippen LogP contribution in [0.25, 0.3) is 0 Å². The summed E-state index contributed by atoms with van der Waals surface area (Å²) in [6.45, 7) is 4.49. The van der Waals surface area contributed by atoms with E-state index in [1.54, 1.807) is 12.1 Å². The standard InChI is InChI=1S/C24H31N3O3/c1-26-11-10-23(17-26)30-22-8-4-7-19(13-22)24(29)25-14-21(28)16-27-12-9-18-5-2-3-6-20(18)15-27/h2-8,13,21,23,28H,9-12,14-17H2,1H3,(H,25,29). The predicted molar refractivity (Wildman–Crippen MR) is 117 cm³/mol. The summed E-state index contributed by atoms with van der Waals surface area (Å²) < 4.78 is 6.01. The van der Waals surface area contributed by atoms with E-state index in [4.69, 9.17) is 4.74 Å². The fraction of sp³-hybridized carbons (Fsp3) is 0.458. The second-order valence-electron chi connectivity index (χ2n) is 8.44. The van der Waals surface area contributed by atoms with Crippen LogP contribution in [-0.2, 0) is 13.0 Å². The van der Waals surface area contributed by atoms with Gasteiger partial charge in [0, 0.05) is 44.8 Å². The van der Waals surface area contributed by atoms with Crippen molar-refractivity contribution in [3.05, 3.63) is 65.2 Å². The number of likely N-dealkylation sites (N-methyl/N-ethyl adjacent to an activating group) is 1. The minimum Gasteiger partial charge on any atom is -0.489 e. The van der Waals surface area contributed by atoms with Crippen molar-refractivity contribution in [1.82, 2.24) is 15.1 Å². The number of amides is 1. The molecular weight excluding hydrogens is 378 g/mol. The van der Waals surface area contributed by atoms with Gasteiger partial charge in [0.2, 0.25) is 0 Å². The van der Waals surface area contributed by atoms with Crippen molar-refractivity contribution in [1.29, 1.82) is 0 Å². The van der Waals surface area contributed by atoms with Crippen LogP contribution >= 0.6 is 0 Å². The maximum absolute atomic E-state index is 12.5. The number of aliphatic hydroxyl groups excluding tert-OH is 1. The van der Waals surface area contributed by atoms with Crippen LogP contribution in [0.2, 0.25) is 0 Å². The maximum atomic E-state index is 12.5. The molecule has 0 aliphatic carbocycles. The smallest absolute Gasteiger partial charge is 0.251 e. The fourth-order valence-electron chi connectivity index (χ4n) is 4.28. The topological polar surface area (TPSA) is 65.0 Å². The highest BCUT2D eigenvalue weighted by Crippen LogP contribution is 2.20. The summed E-state index contributed by atoms with van der Waals surface area (Å²) in [6.07, 6.45) is 1.57. The average molecular weight is 410 g/mol. The number of nitrogens with zero attached hydrogens (tertiary/aromatic N) is 2. The van der Waals surface area contributed by atoms with E-state index in [1.165, 1.54) is 11.1 Å². The molecule has 0 radical (unpaired) electrons. The van der Waals surface area contributed by atoms with Gasteiger partial charge in [-0.2, -0.15) is 0 Å². The number of hydrogen-bond donors (Lipinski definition) is 2. The molecule has 6 heteroatoms. The maximum Gasteiger partial charge on any atom is 0.251 e. The van der Waals surface area contributed by atoms with Crippen LogP contribution in [0.5, 0.6) is 5.75 Å². The first-order valence-corrected chi connectivity index (χ1v) is 10.8. The van der Waals surface area contributed by atoms with Crippen LogP contribution in [0.15, 0.2) is 48.5 Å². The number of benzene rings is 2. The van der Waals surface area contributed by atoms with E-state index in [1.807, 2.05) is 12.1 Å². The summed E-state index contributed by atoms with van der Waals surface area (Å²) in [5, 5.41) is 13.3. The minimum atomic E-state index is -0.604. The van der Waals surface area contributed by atoms with Gasteiger partial charge in [0.15, 0.2) is 0 Å². The highest BCUT2D eigenvalue weighted by atomic mass is 16.5. The van der Waals surface area contributed by atoms with Crippen molar-refractivity contribution in [2.75, 3.05) is 39.8 Å². The number of likely N-dealkylation sites (tertiary alicyclic amines) is 1. The number of nitrogens with one attached hydrogen (secondary N) is 1. The Kier molecular flexibility index (Phi) is 6.67. The number of hydrogen-bond acceptors (Lipinski definition) is 5. The number of aliphatic hydroxyl groups is 1. The summed E-state index contributed by atoms with van der Waals surface area (Å²) in [7, 11) is 2.08. The molecule has 4 rings (SSSR count). The van der Waals surface area contributed by atoms with Gasteiger partial charge in [-0.25, -0.2) is 0 Å². The quantitative estimate of drug-likeness (QED) is 0.732. The van der Waals surface area contributed by atoms with Crippen LogP contribution in [0.1, 0.15) is 27.9 Å². The molecule has 0 bridgehead atoms. The molecule has 2 aliphatic heterocycles. The van der Waals surface area contributed by atoms with Crippen molar-refractivity contribution >= 4 is 5.91 Å². The minimum absolute atomic E-state index is 0.171. The molecule has 1 amide bonds. The lowest BCUT2D eigenvalue weighted by atomic mass is 10.00. The van der Waals surface area contributed by atoms with Gasteiger partial charge >= 0.3 is 0 Å². The van der Waals surface area contributed by atoms with Gasteiger partial charge in [-0.05, 0) is 49.2 Å². The predicted octanol–water partition coefficient (Wildman–Crippen LogP) is 1.92. The third-order valence-corrected chi connectivity index (χ3v) is 5.92. The van der Waals surface area contributed by atoms with Crippen molar-refractivity contribution in [2.24, 2.45) is 0 Å². The zero-order chi connectivity index (χ0) is 20.9. The summed E-state index contributed by atoms with van der Waals surface area (Å²) in [4.78, 5) is 17.0. The first-order chi connectivity index (χ1) is 14.6. The fourth-order valence-corrected chi connectivity index (χ4v) is 4.28. The molecule has 2 unspecified atom stereocenters. The number of carbonyl (C=O) groups is 1. The molecule has 2 aromatic carbocycles. The number of ether oxygens (including phenoxy) is 1.